The van der Waals surface area contributed by atoms with Crippen LogP contribution in [-0.2, 0) is 4.74 Å². The number of halogens is 1. The molecular weight excluding hydrogens is 243 g/mol. The Balaban J connectivity index is 1.76. The fourth-order valence-electron chi connectivity index (χ4n) is 3.50. The van der Waals surface area contributed by atoms with Crippen LogP contribution in [0.2, 0.25) is 0 Å². The minimum absolute atomic E-state index is 0.00588. The van der Waals surface area contributed by atoms with E-state index in [1.807, 2.05) is 0 Å². The predicted octanol–water partition coefficient (Wildman–Crippen LogP) is 3.75. The Morgan fingerprint density at radius 2 is 2.11 bits per heavy atom. The van der Waals surface area contributed by atoms with E-state index in [0.29, 0.717) is 12.2 Å². The first-order valence-electron chi connectivity index (χ1n) is 7.12. The highest BCUT2D eigenvalue weighted by Gasteiger charge is 2.41. The summed E-state index contributed by atoms with van der Waals surface area (Å²) in [6, 6.07) is 6.04. The summed E-state index contributed by atoms with van der Waals surface area (Å²) in [5.41, 5.74) is 0.436. The molecule has 2 aliphatic rings. The molecule has 2 fully saturated rings. The van der Waals surface area contributed by atoms with E-state index >= 15 is 0 Å². The summed E-state index contributed by atoms with van der Waals surface area (Å²) in [6.07, 6.45) is 6.10. The molecule has 0 bridgehead atoms. The number of carbonyl (C=O) groups is 1. The maximum absolute atomic E-state index is 13.2. The van der Waals surface area contributed by atoms with Crippen LogP contribution in [0.15, 0.2) is 24.3 Å². The van der Waals surface area contributed by atoms with Crippen LogP contribution in [0.5, 0.6) is 0 Å². The molecule has 0 N–H and O–H groups in total. The molecule has 3 rings (SSSR count). The van der Waals surface area contributed by atoms with Gasteiger partial charge in [-0.2, -0.15) is 0 Å². The summed E-state index contributed by atoms with van der Waals surface area (Å²) in [4.78, 5) is 12.5. The highest BCUT2D eigenvalue weighted by Crippen LogP contribution is 2.42. The molecule has 19 heavy (non-hydrogen) atoms. The number of rotatable bonds is 2. The Morgan fingerprint density at radius 1 is 1.32 bits per heavy atom. The molecule has 2 nitrogen and oxygen atoms in total. The molecule has 1 aromatic rings. The fraction of sp³-hybridized carbons (Fsp3) is 0.562. The quantitative estimate of drug-likeness (QED) is 0.759. The Hall–Kier alpha value is -1.22. The monoisotopic (exact) mass is 262 g/mol. The third-order valence-electron chi connectivity index (χ3n) is 4.49. The number of ether oxygens (including phenoxy) is 1. The Kier molecular flexibility index (Phi) is 3.40. The van der Waals surface area contributed by atoms with Crippen molar-refractivity contribution in [2.75, 3.05) is 6.61 Å². The lowest BCUT2D eigenvalue weighted by Gasteiger charge is -2.37. The van der Waals surface area contributed by atoms with Crippen molar-refractivity contribution in [1.29, 1.82) is 0 Å². The number of benzene rings is 1. The fourth-order valence-corrected chi connectivity index (χ4v) is 3.50. The zero-order valence-corrected chi connectivity index (χ0v) is 11.0. The molecule has 1 aromatic carbocycles. The molecule has 0 aromatic heterocycles. The van der Waals surface area contributed by atoms with Crippen molar-refractivity contribution >= 4 is 5.78 Å². The van der Waals surface area contributed by atoms with Gasteiger partial charge in [-0.25, -0.2) is 4.39 Å². The summed E-state index contributed by atoms with van der Waals surface area (Å²) < 4.78 is 19.2. The largest absolute Gasteiger partial charge is 0.375 e. The third kappa shape index (κ3) is 2.57. The van der Waals surface area contributed by atoms with Crippen LogP contribution >= 0.6 is 0 Å². The number of hydrogen-bond acceptors (Lipinski definition) is 2. The van der Waals surface area contributed by atoms with Crippen molar-refractivity contribution in [1.82, 2.24) is 0 Å². The summed E-state index contributed by atoms with van der Waals surface area (Å²) in [7, 11) is 0. The van der Waals surface area contributed by atoms with E-state index in [2.05, 4.69) is 0 Å². The second kappa shape index (κ2) is 5.04. The van der Waals surface area contributed by atoms with Gasteiger partial charge in [-0.15, -0.1) is 0 Å². The molecule has 1 spiro atoms. The summed E-state index contributed by atoms with van der Waals surface area (Å²) in [5, 5.41) is 0. The smallest absolute Gasteiger partial charge is 0.166 e. The molecular formula is C16H19FO2. The summed E-state index contributed by atoms with van der Waals surface area (Å²) in [5.74, 6) is -0.267. The maximum atomic E-state index is 13.2. The first-order chi connectivity index (χ1) is 9.19. The van der Waals surface area contributed by atoms with Crippen LogP contribution in [0.3, 0.4) is 0 Å². The van der Waals surface area contributed by atoms with Crippen molar-refractivity contribution in [2.45, 2.75) is 44.1 Å². The zero-order valence-electron chi connectivity index (χ0n) is 11.0. The van der Waals surface area contributed by atoms with Gasteiger partial charge < -0.3 is 4.74 Å². The van der Waals surface area contributed by atoms with Gasteiger partial charge in [0, 0.05) is 18.1 Å². The minimum atomic E-state index is -0.339. The van der Waals surface area contributed by atoms with Crippen molar-refractivity contribution in [3.8, 4) is 0 Å². The topological polar surface area (TPSA) is 26.3 Å². The van der Waals surface area contributed by atoms with Crippen LogP contribution in [-0.4, -0.2) is 18.0 Å². The van der Waals surface area contributed by atoms with Crippen LogP contribution < -0.4 is 0 Å². The van der Waals surface area contributed by atoms with Gasteiger partial charge >= 0.3 is 0 Å². The molecule has 1 aliphatic heterocycles. The van der Waals surface area contributed by atoms with E-state index in [1.165, 1.54) is 25.0 Å². The lowest BCUT2D eigenvalue weighted by molar-refractivity contribution is -0.0866. The van der Waals surface area contributed by atoms with Crippen LogP contribution in [0.1, 0.15) is 48.9 Å². The van der Waals surface area contributed by atoms with Gasteiger partial charge in [-0.05, 0) is 37.8 Å². The number of ketones is 1. The molecule has 3 heteroatoms. The number of carbonyl (C=O) groups excluding carboxylic acids is 1. The van der Waals surface area contributed by atoms with Gasteiger partial charge in [0.1, 0.15) is 5.82 Å². The first-order valence-corrected chi connectivity index (χ1v) is 7.12. The summed E-state index contributed by atoms with van der Waals surface area (Å²) in [6.45, 7) is 0.658. The average molecular weight is 262 g/mol. The van der Waals surface area contributed by atoms with Gasteiger partial charge in [0.05, 0.1) is 5.60 Å². The van der Waals surface area contributed by atoms with Crippen molar-refractivity contribution < 1.29 is 13.9 Å². The first kappa shape index (κ1) is 12.8. The zero-order chi connectivity index (χ0) is 13.3. The van der Waals surface area contributed by atoms with Crippen LogP contribution in [0.25, 0.3) is 0 Å². The Labute approximate surface area is 113 Å². The molecule has 1 saturated carbocycles. The number of hydrogen-bond donors (Lipinski definition) is 0. The number of Topliss-reactive ketones (excluding diaryl/α,β-unsaturated/α-hetero) is 1. The van der Waals surface area contributed by atoms with Gasteiger partial charge in [0.25, 0.3) is 0 Å². The van der Waals surface area contributed by atoms with Crippen LogP contribution in [0.4, 0.5) is 4.39 Å². The van der Waals surface area contributed by atoms with Gasteiger partial charge in [-0.1, -0.05) is 25.0 Å². The van der Waals surface area contributed by atoms with Crippen molar-refractivity contribution in [2.24, 2.45) is 5.92 Å². The van der Waals surface area contributed by atoms with Gasteiger partial charge in [0.15, 0.2) is 5.78 Å². The van der Waals surface area contributed by atoms with E-state index in [4.69, 9.17) is 4.74 Å². The molecule has 1 unspecified atom stereocenters. The second-order valence-electron chi connectivity index (χ2n) is 5.80. The Bertz CT molecular complexity index is 477. The molecule has 1 heterocycles. The van der Waals surface area contributed by atoms with Gasteiger partial charge in [-0.3, -0.25) is 4.79 Å². The van der Waals surface area contributed by atoms with Gasteiger partial charge in [0.2, 0.25) is 0 Å². The lowest BCUT2D eigenvalue weighted by Crippen LogP contribution is -2.39. The highest BCUT2D eigenvalue weighted by atomic mass is 19.1. The molecule has 0 amide bonds. The lowest BCUT2D eigenvalue weighted by atomic mass is 9.81. The Morgan fingerprint density at radius 3 is 2.84 bits per heavy atom. The molecule has 0 radical (unpaired) electrons. The molecule has 102 valence electrons. The third-order valence-corrected chi connectivity index (χ3v) is 4.49. The van der Waals surface area contributed by atoms with E-state index in [9.17, 15) is 9.18 Å². The van der Waals surface area contributed by atoms with E-state index < -0.39 is 0 Å². The summed E-state index contributed by atoms with van der Waals surface area (Å²) >= 11 is 0. The minimum Gasteiger partial charge on any atom is -0.375 e. The maximum Gasteiger partial charge on any atom is 0.166 e. The highest BCUT2D eigenvalue weighted by molar-refractivity contribution is 5.97. The van der Waals surface area contributed by atoms with Crippen LogP contribution in [0, 0.1) is 11.7 Å². The standard InChI is InChI=1S/C16H19FO2/c17-14-5-3-4-12(10-14)15(18)13-6-9-19-16(11-13)7-1-2-8-16/h3-5,10,13H,1-2,6-9,11H2. The van der Waals surface area contributed by atoms with E-state index in [1.54, 1.807) is 12.1 Å². The SMILES string of the molecule is O=C(c1cccc(F)c1)C1CCOC2(CCCC2)C1. The average Bonchev–Trinajstić information content (AvgIpc) is 2.86. The normalized spacial score (nSPS) is 25.6. The second-order valence-corrected chi connectivity index (χ2v) is 5.80. The van der Waals surface area contributed by atoms with Crippen molar-refractivity contribution in [3.05, 3.63) is 35.6 Å². The molecule has 1 atom stereocenters. The molecule has 1 aliphatic carbocycles. The van der Waals surface area contributed by atoms with Crippen molar-refractivity contribution in [3.63, 3.8) is 0 Å². The van der Waals surface area contributed by atoms with E-state index in [-0.39, 0.29) is 23.1 Å². The van der Waals surface area contributed by atoms with E-state index in [0.717, 1.165) is 25.7 Å². The molecule has 1 saturated heterocycles. The predicted molar refractivity (Wildman–Crippen MR) is 70.6 cm³/mol.